The summed E-state index contributed by atoms with van der Waals surface area (Å²) in [5.41, 5.74) is 0. The summed E-state index contributed by atoms with van der Waals surface area (Å²) >= 11 is 0. The molecule has 20 heavy (non-hydrogen) atoms. The first kappa shape index (κ1) is 17.4. The van der Waals surface area contributed by atoms with Gasteiger partial charge in [-0.05, 0) is 39.3 Å². The van der Waals surface area contributed by atoms with E-state index in [1.54, 1.807) is 0 Å². The van der Waals surface area contributed by atoms with Crippen molar-refractivity contribution < 1.29 is 4.79 Å². The predicted octanol–water partition coefficient (Wildman–Crippen LogP) is 2.10. The molecule has 0 bridgehead atoms. The third-order valence-electron chi connectivity index (χ3n) is 4.19. The molecule has 1 saturated heterocycles. The molecule has 0 aromatic heterocycles. The van der Waals surface area contributed by atoms with E-state index in [1.165, 1.54) is 12.8 Å². The van der Waals surface area contributed by atoms with E-state index >= 15 is 0 Å². The first-order chi connectivity index (χ1) is 9.71. The van der Waals surface area contributed by atoms with Crippen LogP contribution in [-0.4, -0.2) is 61.5 Å². The fourth-order valence-electron chi connectivity index (χ4n) is 2.79. The Hall–Kier alpha value is -0.610. The van der Waals surface area contributed by atoms with Gasteiger partial charge in [0.25, 0.3) is 0 Å². The standard InChI is InChI=1S/C16H33N3O/c1-4-6-11-19(12-7-5-2)16(20)14-18-10-8-9-15(13-18)17-3/h15,17H,4-14H2,1-3H3. The molecule has 0 aliphatic carbocycles. The summed E-state index contributed by atoms with van der Waals surface area (Å²) in [6, 6.07) is 0.552. The van der Waals surface area contributed by atoms with Crippen LogP contribution in [0, 0.1) is 0 Å². The van der Waals surface area contributed by atoms with Crippen molar-refractivity contribution in [2.45, 2.75) is 58.4 Å². The summed E-state index contributed by atoms with van der Waals surface area (Å²) in [6.45, 7) is 8.91. The smallest absolute Gasteiger partial charge is 0.236 e. The Labute approximate surface area is 124 Å². The minimum absolute atomic E-state index is 0.323. The quantitative estimate of drug-likeness (QED) is 0.704. The van der Waals surface area contributed by atoms with Gasteiger partial charge in [-0.2, -0.15) is 0 Å². The maximum atomic E-state index is 12.5. The highest BCUT2D eigenvalue weighted by Gasteiger charge is 2.22. The average Bonchev–Trinajstić information content (AvgIpc) is 2.47. The molecule has 1 unspecified atom stereocenters. The van der Waals surface area contributed by atoms with Gasteiger partial charge in [0.1, 0.15) is 0 Å². The van der Waals surface area contributed by atoms with Crippen LogP contribution in [0.25, 0.3) is 0 Å². The maximum absolute atomic E-state index is 12.5. The lowest BCUT2D eigenvalue weighted by atomic mass is 10.1. The second-order valence-corrected chi connectivity index (χ2v) is 5.95. The van der Waals surface area contributed by atoms with Gasteiger partial charge in [-0.1, -0.05) is 26.7 Å². The van der Waals surface area contributed by atoms with E-state index in [4.69, 9.17) is 0 Å². The van der Waals surface area contributed by atoms with Crippen molar-refractivity contribution in [1.82, 2.24) is 15.1 Å². The number of unbranched alkanes of at least 4 members (excludes halogenated alkanes) is 2. The lowest BCUT2D eigenvalue weighted by molar-refractivity contribution is -0.132. The monoisotopic (exact) mass is 283 g/mol. The van der Waals surface area contributed by atoms with Crippen molar-refractivity contribution in [3.8, 4) is 0 Å². The molecule has 1 heterocycles. The topological polar surface area (TPSA) is 35.6 Å². The molecule has 0 spiro atoms. The van der Waals surface area contributed by atoms with E-state index < -0.39 is 0 Å². The molecule has 0 aromatic rings. The Morgan fingerprint density at radius 1 is 1.25 bits per heavy atom. The minimum Gasteiger partial charge on any atom is -0.342 e. The lowest BCUT2D eigenvalue weighted by Crippen LogP contribution is -2.49. The van der Waals surface area contributed by atoms with Crippen LogP contribution in [0.5, 0.6) is 0 Å². The third kappa shape index (κ3) is 6.23. The van der Waals surface area contributed by atoms with Crippen molar-refractivity contribution in [2.24, 2.45) is 0 Å². The van der Waals surface area contributed by atoms with Gasteiger partial charge >= 0.3 is 0 Å². The van der Waals surface area contributed by atoms with E-state index in [0.717, 1.165) is 51.9 Å². The number of hydrogen-bond acceptors (Lipinski definition) is 3. The number of amides is 1. The molecule has 1 atom stereocenters. The lowest BCUT2D eigenvalue weighted by Gasteiger charge is -2.33. The molecular weight excluding hydrogens is 250 g/mol. The normalized spacial score (nSPS) is 20.1. The Balaban J connectivity index is 2.42. The largest absolute Gasteiger partial charge is 0.342 e. The summed E-state index contributed by atoms with van der Waals surface area (Å²) < 4.78 is 0. The van der Waals surface area contributed by atoms with Gasteiger partial charge in [0.15, 0.2) is 0 Å². The summed E-state index contributed by atoms with van der Waals surface area (Å²) in [4.78, 5) is 16.9. The number of likely N-dealkylation sites (N-methyl/N-ethyl adjacent to an activating group) is 1. The summed E-state index contributed by atoms with van der Waals surface area (Å²) in [5.74, 6) is 0.323. The van der Waals surface area contributed by atoms with Gasteiger partial charge in [-0.15, -0.1) is 0 Å². The SMILES string of the molecule is CCCCN(CCCC)C(=O)CN1CCCC(NC)C1. The van der Waals surface area contributed by atoms with E-state index in [9.17, 15) is 4.79 Å². The van der Waals surface area contributed by atoms with Crippen LogP contribution in [0.4, 0.5) is 0 Å². The first-order valence-electron chi connectivity index (χ1n) is 8.38. The Bertz CT molecular complexity index is 262. The number of carbonyl (C=O) groups is 1. The average molecular weight is 283 g/mol. The molecule has 118 valence electrons. The summed E-state index contributed by atoms with van der Waals surface area (Å²) in [5, 5.41) is 3.34. The van der Waals surface area contributed by atoms with Crippen molar-refractivity contribution in [2.75, 3.05) is 39.8 Å². The van der Waals surface area contributed by atoms with Gasteiger partial charge in [0.2, 0.25) is 5.91 Å². The van der Waals surface area contributed by atoms with E-state index in [2.05, 4.69) is 29.0 Å². The van der Waals surface area contributed by atoms with Crippen molar-refractivity contribution in [3.63, 3.8) is 0 Å². The first-order valence-corrected chi connectivity index (χ1v) is 8.38. The number of nitrogens with one attached hydrogen (secondary N) is 1. The van der Waals surface area contributed by atoms with Gasteiger partial charge in [0.05, 0.1) is 6.54 Å². The number of hydrogen-bond donors (Lipinski definition) is 1. The van der Waals surface area contributed by atoms with Crippen LogP contribution in [-0.2, 0) is 4.79 Å². The molecule has 1 amide bonds. The highest BCUT2D eigenvalue weighted by molar-refractivity contribution is 5.78. The molecule has 0 radical (unpaired) electrons. The Kier molecular flexibility index (Phi) is 8.86. The molecule has 0 saturated carbocycles. The van der Waals surface area contributed by atoms with E-state index in [-0.39, 0.29) is 0 Å². The molecule has 1 N–H and O–H groups in total. The van der Waals surface area contributed by atoms with E-state index in [1.807, 2.05) is 7.05 Å². The predicted molar refractivity (Wildman–Crippen MR) is 84.9 cm³/mol. The molecule has 1 fully saturated rings. The third-order valence-corrected chi connectivity index (χ3v) is 4.19. The molecular formula is C16H33N3O. The number of piperidine rings is 1. The zero-order chi connectivity index (χ0) is 14.8. The van der Waals surface area contributed by atoms with Crippen molar-refractivity contribution in [1.29, 1.82) is 0 Å². The van der Waals surface area contributed by atoms with Gasteiger partial charge < -0.3 is 10.2 Å². The van der Waals surface area contributed by atoms with Crippen LogP contribution in [0.15, 0.2) is 0 Å². The molecule has 1 aliphatic rings. The number of likely N-dealkylation sites (tertiary alicyclic amines) is 1. The molecule has 4 heteroatoms. The zero-order valence-corrected chi connectivity index (χ0v) is 13.7. The molecule has 1 aliphatic heterocycles. The van der Waals surface area contributed by atoms with Crippen LogP contribution < -0.4 is 5.32 Å². The summed E-state index contributed by atoms with van der Waals surface area (Å²) in [7, 11) is 2.02. The Morgan fingerprint density at radius 3 is 2.45 bits per heavy atom. The molecule has 1 rings (SSSR count). The fraction of sp³-hybridized carbons (Fsp3) is 0.938. The van der Waals surface area contributed by atoms with Crippen molar-refractivity contribution in [3.05, 3.63) is 0 Å². The van der Waals surface area contributed by atoms with Gasteiger partial charge in [-0.25, -0.2) is 0 Å². The van der Waals surface area contributed by atoms with Crippen LogP contribution in [0.3, 0.4) is 0 Å². The highest BCUT2D eigenvalue weighted by atomic mass is 16.2. The minimum atomic E-state index is 0.323. The summed E-state index contributed by atoms with van der Waals surface area (Å²) in [6.07, 6.45) is 6.98. The second-order valence-electron chi connectivity index (χ2n) is 5.95. The van der Waals surface area contributed by atoms with Gasteiger partial charge in [0, 0.05) is 25.7 Å². The molecule has 0 aromatic carbocycles. The Morgan fingerprint density at radius 2 is 1.90 bits per heavy atom. The van der Waals surface area contributed by atoms with Crippen molar-refractivity contribution >= 4 is 5.91 Å². The number of nitrogens with zero attached hydrogens (tertiary/aromatic N) is 2. The van der Waals surface area contributed by atoms with Crippen LogP contribution >= 0.6 is 0 Å². The highest BCUT2D eigenvalue weighted by Crippen LogP contribution is 2.10. The second kappa shape index (κ2) is 10.2. The maximum Gasteiger partial charge on any atom is 0.236 e. The van der Waals surface area contributed by atoms with Gasteiger partial charge in [-0.3, -0.25) is 9.69 Å². The number of carbonyl (C=O) groups excluding carboxylic acids is 1. The molecule has 4 nitrogen and oxygen atoms in total. The number of rotatable bonds is 9. The van der Waals surface area contributed by atoms with Crippen LogP contribution in [0.1, 0.15) is 52.4 Å². The van der Waals surface area contributed by atoms with Crippen LogP contribution in [0.2, 0.25) is 0 Å². The fourth-order valence-corrected chi connectivity index (χ4v) is 2.79. The zero-order valence-electron chi connectivity index (χ0n) is 13.7. The van der Waals surface area contributed by atoms with E-state index in [0.29, 0.717) is 18.5 Å².